The highest BCUT2D eigenvalue weighted by Crippen LogP contribution is 2.29. The minimum absolute atomic E-state index is 0.172. The molecular weight excluding hydrogens is 523 g/mol. The Morgan fingerprint density at radius 3 is 2.37 bits per heavy atom. The van der Waals surface area contributed by atoms with E-state index in [-0.39, 0.29) is 22.9 Å². The van der Waals surface area contributed by atoms with Crippen LogP contribution in [-0.4, -0.2) is 24.7 Å². The van der Waals surface area contributed by atoms with Gasteiger partial charge in [0.25, 0.3) is 5.91 Å². The predicted octanol–water partition coefficient (Wildman–Crippen LogP) is 7.05. The first kappa shape index (κ1) is 25.3. The maximum atomic E-state index is 12.8. The maximum Gasteiger partial charge on any atom is 0.345 e. The molecule has 0 aliphatic rings. The molecule has 188 valence electrons. The molecule has 1 N–H and O–H groups in total. The Balaban J connectivity index is 1.31. The van der Waals surface area contributed by atoms with E-state index in [2.05, 4.69) is 10.5 Å². The summed E-state index contributed by atoms with van der Waals surface area (Å²) in [6, 6.07) is 29.1. The predicted molar refractivity (Wildman–Crippen MR) is 151 cm³/mol. The van der Waals surface area contributed by atoms with E-state index in [0.29, 0.717) is 16.3 Å². The zero-order chi connectivity index (χ0) is 26.5. The third kappa shape index (κ3) is 5.78. The van der Waals surface area contributed by atoms with E-state index in [1.54, 1.807) is 12.1 Å². The number of nitrogens with one attached hydrogen (secondary N) is 1. The van der Waals surface area contributed by atoms with Crippen LogP contribution in [0, 0.1) is 0 Å². The van der Waals surface area contributed by atoms with Gasteiger partial charge in [-0.2, -0.15) is 5.10 Å². The number of nitrogens with zero attached hydrogens (tertiary/aromatic N) is 1. The summed E-state index contributed by atoms with van der Waals surface area (Å²) in [5.74, 6) is -0.261. The Morgan fingerprint density at radius 1 is 0.816 bits per heavy atom. The number of hydrogen-bond donors (Lipinski definition) is 1. The molecule has 0 aliphatic carbocycles. The van der Waals surface area contributed by atoms with Crippen LogP contribution in [0.1, 0.15) is 15.9 Å². The fourth-order valence-corrected chi connectivity index (χ4v) is 4.40. The normalized spacial score (nSPS) is 11.1. The van der Waals surface area contributed by atoms with Gasteiger partial charge in [0.1, 0.15) is 11.5 Å². The molecule has 0 unspecified atom stereocenters. The topological polar surface area (TPSA) is 77.0 Å². The van der Waals surface area contributed by atoms with E-state index in [1.165, 1.54) is 18.3 Å². The van der Waals surface area contributed by atoms with Crippen LogP contribution in [0.4, 0.5) is 0 Å². The van der Waals surface area contributed by atoms with Crippen molar-refractivity contribution in [3.05, 3.63) is 118 Å². The van der Waals surface area contributed by atoms with Crippen LogP contribution in [0.15, 0.2) is 102 Å². The Bertz CT molecular complexity index is 1700. The molecule has 0 fully saturated rings. The van der Waals surface area contributed by atoms with E-state index in [0.717, 1.165) is 21.5 Å². The molecule has 1 amide bonds. The number of rotatable bonds is 7. The van der Waals surface area contributed by atoms with Gasteiger partial charge in [-0.15, -0.1) is 0 Å². The number of carbonyl (C=O) groups excluding carboxylic acids is 2. The minimum atomic E-state index is -0.649. The van der Waals surface area contributed by atoms with Crippen molar-refractivity contribution in [2.45, 2.75) is 0 Å². The van der Waals surface area contributed by atoms with Crippen LogP contribution in [0.3, 0.4) is 0 Å². The van der Waals surface area contributed by atoms with Gasteiger partial charge in [-0.3, -0.25) is 4.79 Å². The van der Waals surface area contributed by atoms with Crippen LogP contribution in [0.25, 0.3) is 21.5 Å². The van der Waals surface area contributed by atoms with Crippen molar-refractivity contribution in [1.82, 2.24) is 5.43 Å². The summed E-state index contributed by atoms with van der Waals surface area (Å²) in [5, 5.41) is 8.46. The molecule has 5 rings (SSSR count). The summed E-state index contributed by atoms with van der Waals surface area (Å²) in [5.41, 5.74) is 3.14. The summed E-state index contributed by atoms with van der Waals surface area (Å²) in [6.07, 6.45) is 1.43. The smallest absolute Gasteiger partial charge is 0.345 e. The number of hydrazone groups is 1. The number of halogens is 2. The molecule has 0 aliphatic heterocycles. The van der Waals surface area contributed by atoms with Gasteiger partial charge in [0.2, 0.25) is 0 Å². The highest BCUT2D eigenvalue weighted by molar-refractivity contribution is 6.36. The second kappa shape index (κ2) is 11.3. The van der Waals surface area contributed by atoms with Crippen molar-refractivity contribution in [1.29, 1.82) is 0 Å². The molecule has 0 spiro atoms. The molecule has 38 heavy (non-hydrogen) atoms. The van der Waals surface area contributed by atoms with Crippen molar-refractivity contribution >= 4 is 62.8 Å². The Hall–Kier alpha value is -4.39. The Morgan fingerprint density at radius 2 is 1.55 bits per heavy atom. The van der Waals surface area contributed by atoms with Crippen molar-refractivity contribution < 1.29 is 19.1 Å². The molecule has 0 saturated carbocycles. The number of carbonyl (C=O) groups is 2. The van der Waals surface area contributed by atoms with Crippen LogP contribution >= 0.6 is 23.2 Å². The third-order valence-electron chi connectivity index (χ3n) is 5.76. The average Bonchev–Trinajstić information content (AvgIpc) is 2.92. The quantitative estimate of drug-likeness (QED) is 0.103. The van der Waals surface area contributed by atoms with Crippen molar-refractivity contribution in [2.75, 3.05) is 6.61 Å². The van der Waals surface area contributed by atoms with E-state index >= 15 is 0 Å². The van der Waals surface area contributed by atoms with E-state index in [4.69, 9.17) is 32.7 Å². The molecule has 0 heterocycles. The van der Waals surface area contributed by atoms with Gasteiger partial charge in [0, 0.05) is 10.6 Å². The number of hydrogen-bond acceptors (Lipinski definition) is 5. The first-order valence-electron chi connectivity index (χ1n) is 11.6. The van der Waals surface area contributed by atoms with Gasteiger partial charge in [0.05, 0.1) is 16.8 Å². The molecule has 0 bridgehead atoms. The molecule has 0 radical (unpaired) electrons. The lowest BCUT2D eigenvalue weighted by atomic mass is 10.0. The zero-order valence-corrected chi connectivity index (χ0v) is 21.4. The van der Waals surface area contributed by atoms with Gasteiger partial charge in [-0.05, 0) is 57.9 Å². The van der Waals surface area contributed by atoms with Crippen LogP contribution in [-0.2, 0) is 4.79 Å². The second-order valence-corrected chi connectivity index (χ2v) is 9.15. The third-order valence-corrected chi connectivity index (χ3v) is 6.31. The fourth-order valence-electron chi connectivity index (χ4n) is 3.91. The van der Waals surface area contributed by atoms with Crippen molar-refractivity contribution in [2.24, 2.45) is 5.10 Å². The maximum absolute atomic E-state index is 12.8. The van der Waals surface area contributed by atoms with Gasteiger partial charge in [0.15, 0.2) is 6.61 Å². The molecule has 0 atom stereocenters. The molecule has 6 nitrogen and oxygen atoms in total. The van der Waals surface area contributed by atoms with Crippen LogP contribution in [0.5, 0.6) is 11.5 Å². The number of amides is 1. The largest absolute Gasteiger partial charge is 0.484 e. The Kier molecular flexibility index (Phi) is 7.54. The first-order valence-corrected chi connectivity index (χ1v) is 12.4. The van der Waals surface area contributed by atoms with Gasteiger partial charge in [-0.1, -0.05) is 83.9 Å². The SMILES string of the molecule is O=C(COc1ccc2ccccc2c1)N/N=C\c1c(OC(=O)c2ccc(Cl)cc2Cl)ccc2ccccc12. The zero-order valence-electron chi connectivity index (χ0n) is 19.9. The van der Waals surface area contributed by atoms with Crippen molar-refractivity contribution in [3.8, 4) is 11.5 Å². The van der Waals surface area contributed by atoms with E-state index in [9.17, 15) is 9.59 Å². The molecular formula is C30H20Cl2N2O4. The monoisotopic (exact) mass is 542 g/mol. The van der Waals surface area contributed by atoms with Crippen molar-refractivity contribution in [3.63, 3.8) is 0 Å². The summed E-state index contributed by atoms with van der Waals surface area (Å²) < 4.78 is 11.3. The second-order valence-electron chi connectivity index (χ2n) is 8.30. The highest BCUT2D eigenvalue weighted by atomic mass is 35.5. The summed E-state index contributed by atoms with van der Waals surface area (Å²) in [7, 11) is 0. The molecule has 5 aromatic rings. The van der Waals surface area contributed by atoms with Gasteiger partial charge in [-0.25, -0.2) is 10.2 Å². The van der Waals surface area contributed by atoms with Gasteiger partial charge >= 0.3 is 5.97 Å². The lowest BCUT2D eigenvalue weighted by Crippen LogP contribution is -2.24. The number of benzene rings is 5. The lowest BCUT2D eigenvalue weighted by molar-refractivity contribution is -0.123. The fraction of sp³-hybridized carbons (Fsp3) is 0.0333. The molecule has 5 aromatic carbocycles. The minimum Gasteiger partial charge on any atom is -0.484 e. The number of fused-ring (bicyclic) bond motifs is 2. The first-order chi connectivity index (χ1) is 18.5. The van der Waals surface area contributed by atoms with Crippen LogP contribution in [0.2, 0.25) is 10.0 Å². The lowest BCUT2D eigenvalue weighted by Gasteiger charge is -2.11. The van der Waals surface area contributed by atoms with Gasteiger partial charge < -0.3 is 9.47 Å². The number of ether oxygens (including phenoxy) is 2. The summed E-state index contributed by atoms with van der Waals surface area (Å²) in [4.78, 5) is 25.2. The standard InChI is InChI=1S/C30H20Cl2N2O4/c31-22-11-13-25(27(32)16-22)30(36)38-28-14-10-20-6-3-4-8-24(20)26(28)17-33-34-29(35)18-37-23-12-9-19-5-1-2-7-21(19)15-23/h1-17H,18H2,(H,34,35)/b33-17-. The Labute approximate surface area is 228 Å². The van der Waals surface area contributed by atoms with Crippen LogP contribution < -0.4 is 14.9 Å². The summed E-state index contributed by atoms with van der Waals surface area (Å²) >= 11 is 12.1. The van der Waals surface area contributed by atoms with E-state index in [1.807, 2.05) is 72.8 Å². The molecule has 8 heteroatoms. The average molecular weight is 543 g/mol. The number of esters is 1. The van der Waals surface area contributed by atoms with E-state index < -0.39 is 11.9 Å². The molecule has 0 aromatic heterocycles. The summed E-state index contributed by atoms with van der Waals surface area (Å²) in [6.45, 7) is -0.220. The molecule has 0 saturated heterocycles. The highest BCUT2D eigenvalue weighted by Gasteiger charge is 2.16.